The molecule has 0 unspecified atom stereocenters. The Kier molecular flexibility index (Phi) is 5.47. The second-order valence-corrected chi connectivity index (χ2v) is 6.44. The molecule has 0 radical (unpaired) electrons. The van der Waals surface area contributed by atoms with Crippen LogP contribution in [0.3, 0.4) is 0 Å². The molecular formula is C17H24N6O2. The lowest BCUT2D eigenvalue weighted by Crippen LogP contribution is -2.47. The fourth-order valence-electron chi connectivity index (χ4n) is 3.24. The van der Waals surface area contributed by atoms with Gasteiger partial charge in [0.05, 0.1) is 18.6 Å². The van der Waals surface area contributed by atoms with E-state index < -0.39 is 6.04 Å². The Bertz CT molecular complexity index is 722. The Hall–Kier alpha value is -2.64. The Morgan fingerprint density at radius 3 is 2.88 bits per heavy atom. The SMILES string of the molecule is CC(=O)N[C@@H](Cc1cnc[nH]1)C(=O)NCc1n[nH]c2c1CCCCC2. The number of hydrogen-bond donors (Lipinski definition) is 4. The van der Waals surface area contributed by atoms with E-state index in [1.54, 1.807) is 12.5 Å². The van der Waals surface area contributed by atoms with Crippen LogP contribution in [0.4, 0.5) is 0 Å². The van der Waals surface area contributed by atoms with Gasteiger partial charge < -0.3 is 15.6 Å². The molecule has 1 aliphatic rings. The molecule has 0 saturated heterocycles. The third-order valence-electron chi connectivity index (χ3n) is 4.49. The van der Waals surface area contributed by atoms with Crippen molar-refractivity contribution >= 4 is 11.8 Å². The first-order chi connectivity index (χ1) is 12.1. The molecule has 0 spiro atoms. The summed E-state index contributed by atoms with van der Waals surface area (Å²) in [6.45, 7) is 1.77. The van der Waals surface area contributed by atoms with Crippen LogP contribution in [0, 0.1) is 0 Å². The maximum absolute atomic E-state index is 12.5. The van der Waals surface area contributed by atoms with Gasteiger partial charge in [-0.05, 0) is 31.2 Å². The lowest BCUT2D eigenvalue weighted by Gasteiger charge is -2.16. The van der Waals surface area contributed by atoms with E-state index in [9.17, 15) is 9.59 Å². The number of imidazole rings is 1. The van der Waals surface area contributed by atoms with Gasteiger partial charge in [0.2, 0.25) is 11.8 Å². The monoisotopic (exact) mass is 344 g/mol. The number of amides is 2. The van der Waals surface area contributed by atoms with Crippen molar-refractivity contribution in [2.45, 2.75) is 58.0 Å². The molecule has 0 saturated carbocycles. The number of aryl methyl sites for hydroxylation is 1. The number of carbonyl (C=O) groups excluding carboxylic acids is 2. The number of aromatic amines is 2. The van der Waals surface area contributed by atoms with Crippen molar-refractivity contribution in [1.82, 2.24) is 30.8 Å². The Morgan fingerprint density at radius 2 is 2.12 bits per heavy atom. The van der Waals surface area contributed by atoms with Crippen molar-refractivity contribution in [1.29, 1.82) is 0 Å². The van der Waals surface area contributed by atoms with Gasteiger partial charge in [-0.25, -0.2) is 4.98 Å². The van der Waals surface area contributed by atoms with Gasteiger partial charge in [-0.1, -0.05) is 6.42 Å². The van der Waals surface area contributed by atoms with Crippen LogP contribution in [-0.4, -0.2) is 38.0 Å². The van der Waals surface area contributed by atoms with Crippen molar-refractivity contribution in [3.8, 4) is 0 Å². The van der Waals surface area contributed by atoms with E-state index in [0.29, 0.717) is 13.0 Å². The van der Waals surface area contributed by atoms with Gasteiger partial charge in [-0.3, -0.25) is 14.7 Å². The zero-order valence-corrected chi connectivity index (χ0v) is 14.4. The second kappa shape index (κ2) is 7.96. The standard InChI is InChI=1S/C17H24N6O2/c1-11(24)21-15(7-12-8-18-10-20-12)17(25)19-9-16-13-5-3-2-4-6-14(13)22-23-16/h8,10,15H,2-7,9H2,1H3,(H,18,20)(H,19,25)(H,21,24)(H,22,23)/t15-/m0/s1. The van der Waals surface area contributed by atoms with E-state index in [2.05, 4.69) is 30.8 Å². The van der Waals surface area contributed by atoms with Crippen molar-refractivity contribution < 1.29 is 9.59 Å². The number of rotatable bonds is 6. The molecule has 1 aliphatic carbocycles. The van der Waals surface area contributed by atoms with Crippen molar-refractivity contribution in [3.63, 3.8) is 0 Å². The highest BCUT2D eigenvalue weighted by molar-refractivity contribution is 5.87. The summed E-state index contributed by atoms with van der Waals surface area (Å²) in [7, 11) is 0. The normalized spacial score (nSPS) is 15.1. The molecule has 4 N–H and O–H groups in total. The molecule has 2 aromatic heterocycles. The summed E-state index contributed by atoms with van der Waals surface area (Å²) < 4.78 is 0. The molecule has 2 aromatic rings. The van der Waals surface area contributed by atoms with Crippen LogP contribution in [0.1, 0.15) is 48.8 Å². The highest BCUT2D eigenvalue weighted by Gasteiger charge is 2.22. The van der Waals surface area contributed by atoms with Crippen LogP contribution in [0.25, 0.3) is 0 Å². The molecule has 0 bridgehead atoms. The minimum absolute atomic E-state index is 0.227. The number of nitrogens with one attached hydrogen (secondary N) is 4. The van der Waals surface area contributed by atoms with E-state index in [0.717, 1.165) is 30.7 Å². The van der Waals surface area contributed by atoms with Gasteiger partial charge >= 0.3 is 0 Å². The summed E-state index contributed by atoms with van der Waals surface area (Å²) in [5.41, 5.74) is 4.12. The summed E-state index contributed by atoms with van der Waals surface area (Å²) in [6.07, 6.45) is 9.14. The third-order valence-corrected chi connectivity index (χ3v) is 4.49. The Balaban J connectivity index is 1.63. The van der Waals surface area contributed by atoms with E-state index in [1.807, 2.05) is 0 Å². The molecule has 0 aromatic carbocycles. The zero-order valence-electron chi connectivity index (χ0n) is 14.4. The molecule has 3 rings (SSSR count). The van der Waals surface area contributed by atoms with Gasteiger partial charge in [-0.2, -0.15) is 5.10 Å². The summed E-state index contributed by atoms with van der Waals surface area (Å²) >= 11 is 0. The largest absolute Gasteiger partial charge is 0.349 e. The maximum atomic E-state index is 12.5. The molecule has 1 atom stereocenters. The lowest BCUT2D eigenvalue weighted by molar-refractivity contribution is -0.128. The summed E-state index contributed by atoms with van der Waals surface area (Å²) in [5, 5.41) is 13.1. The van der Waals surface area contributed by atoms with Crippen LogP contribution in [0.5, 0.6) is 0 Å². The van der Waals surface area contributed by atoms with Crippen molar-refractivity contribution in [2.24, 2.45) is 0 Å². The zero-order chi connectivity index (χ0) is 17.6. The Morgan fingerprint density at radius 1 is 1.28 bits per heavy atom. The van der Waals surface area contributed by atoms with E-state index in [4.69, 9.17) is 0 Å². The molecule has 0 fully saturated rings. The van der Waals surface area contributed by atoms with Crippen LogP contribution in [0.2, 0.25) is 0 Å². The van der Waals surface area contributed by atoms with Gasteiger partial charge in [-0.15, -0.1) is 0 Å². The predicted octanol–water partition coefficient (Wildman–Crippen LogP) is 0.765. The number of hydrogen-bond acceptors (Lipinski definition) is 4. The Labute approximate surface area is 146 Å². The molecule has 2 amide bonds. The van der Waals surface area contributed by atoms with Crippen molar-refractivity contribution in [2.75, 3.05) is 0 Å². The number of aromatic nitrogens is 4. The first-order valence-corrected chi connectivity index (χ1v) is 8.70. The topological polar surface area (TPSA) is 116 Å². The smallest absolute Gasteiger partial charge is 0.243 e. The number of fused-ring (bicyclic) bond motifs is 1. The predicted molar refractivity (Wildman–Crippen MR) is 91.6 cm³/mol. The first kappa shape index (κ1) is 17.2. The van der Waals surface area contributed by atoms with Gasteiger partial charge in [0.1, 0.15) is 6.04 Å². The van der Waals surface area contributed by atoms with Crippen LogP contribution in [0.15, 0.2) is 12.5 Å². The van der Waals surface area contributed by atoms with E-state index in [-0.39, 0.29) is 11.8 Å². The van der Waals surface area contributed by atoms with Crippen LogP contribution in [-0.2, 0) is 35.4 Å². The molecule has 25 heavy (non-hydrogen) atoms. The third kappa shape index (κ3) is 4.46. The average Bonchev–Trinajstić information content (AvgIpc) is 3.16. The fraction of sp³-hybridized carbons (Fsp3) is 0.529. The molecule has 8 heteroatoms. The van der Waals surface area contributed by atoms with Gasteiger partial charge in [0.15, 0.2) is 0 Å². The first-order valence-electron chi connectivity index (χ1n) is 8.70. The number of carbonyl (C=O) groups is 2. The van der Waals surface area contributed by atoms with Crippen LogP contribution >= 0.6 is 0 Å². The summed E-state index contributed by atoms with van der Waals surface area (Å²) in [6, 6.07) is -0.643. The van der Waals surface area contributed by atoms with Crippen LogP contribution < -0.4 is 10.6 Å². The molecule has 0 aliphatic heterocycles. The minimum atomic E-state index is -0.643. The van der Waals surface area contributed by atoms with E-state index >= 15 is 0 Å². The number of H-pyrrole nitrogens is 2. The average molecular weight is 344 g/mol. The van der Waals surface area contributed by atoms with Crippen molar-refractivity contribution in [3.05, 3.63) is 35.2 Å². The molecular weight excluding hydrogens is 320 g/mol. The fourth-order valence-corrected chi connectivity index (χ4v) is 3.24. The number of nitrogens with zero attached hydrogens (tertiary/aromatic N) is 2. The summed E-state index contributed by atoms with van der Waals surface area (Å²) in [5.74, 6) is -0.469. The molecule has 2 heterocycles. The minimum Gasteiger partial charge on any atom is -0.349 e. The lowest BCUT2D eigenvalue weighted by atomic mass is 10.1. The van der Waals surface area contributed by atoms with E-state index in [1.165, 1.54) is 31.0 Å². The van der Waals surface area contributed by atoms with Gasteiger partial charge in [0, 0.05) is 30.9 Å². The molecule has 8 nitrogen and oxygen atoms in total. The highest BCUT2D eigenvalue weighted by atomic mass is 16.2. The second-order valence-electron chi connectivity index (χ2n) is 6.44. The summed E-state index contributed by atoms with van der Waals surface area (Å²) in [4.78, 5) is 30.9. The quantitative estimate of drug-likeness (QED) is 0.579. The van der Waals surface area contributed by atoms with Gasteiger partial charge in [0.25, 0.3) is 0 Å². The highest BCUT2D eigenvalue weighted by Crippen LogP contribution is 2.21. The maximum Gasteiger partial charge on any atom is 0.243 e. The molecule has 134 valence electrons.